The van der Waals surface area contributed by atoms with E-state index in [4.69, 9.17) is 9.47 Å². The predicted octanol–water partition coefficient (Wildman–Crippen LogP) is 7.12. The van der Waals surface area contributed by atoms with Crippen molar-refractivity contribution in [1.82, 2.24) is 10.2 Å². The van der Waals surface area contributed by atoms with Crippen molar-refractivity contribution in [2.24, 2.45) is 0 Å². The fourth-order valence-electron chi connectivity index (χ4n) is 5.09. The molecule has 2 amide bonds. The van der Waals surface area contributed by atoms with Crippen LogP contribution in [0.3, 0.4) is 0 Å². The summed E-state index contributed by atoms with van der Waals surface area (Å²) in [5.74, 6) is -0.00934. The first-order chi connectivity index (χ1) is 20.7. The van der Waals surface area contributed by atoms with Gasteiger partial charge in [-0.25, -0.2) is 0 Å². The van der Waals surface area contributed by atoms with E-state index in [9.17, 15) is 14.4 Å². The molecule has 3 aromatic rings. The van der Waals surface area contributed by atoms with E-state index >= 15 is 0 Å². The van der Waals surface area contributed by atoms with E-state index in [0.717, 1.165) is 43.2 Å². The normalized spacial score (nSPS) is 13.6. The van der Waals surface area contributed by atoms with Gasteiger partial charge in [0.15, 0.2) is 0 Å². The molecular weight excluding hydrogens is 540 g/mol. The standard InChI is InChI=1S/C36H44N2O5/c1-5-42-32(39)18-10-7-13-25-43-31-17-12-11-16-30(31)33(34(40)37-36(2,3)4)38(29-23-24-29)35(41)28-21-19-27(20-22-28)26-14-8-6-9-15-26/h6,8-9,11-12,14-17,19-22,29,33H,5,7,10,13,18,23-25H2,1-4H3,(H,37,40). The van der Waals surface area contributed by atoms with Crippen LogP contribution >= 0.6 is 0 Å². The monoisotopic (exact) mass is 584 g/mol. The first kappa shape index (κ1) is 31.8. The summed E-state index contributed by atoms with van der Waals surface area (Å²) in [5.41, 5.74) is 2.82. The highest BCUT2D eigenvalue weighted by Crippen LogP contribution is 2.39. The van der Waals surface area contributed by atoms with Gasteiger partial charge in [0.2, 0.25) is 5.91 Å². The van der Waals surface area contributed by atoms with Crippen LogP contribution in [0.2, 0.25) is 0 Å². The molecule has 1 atom stereocenters. The molecule has 1 N–H and O–H groups in total. The van der Waals surface area contributed by atoms with Crippen LogP contribution in [0.15, 0.2) is 78.9 Å². The minimum atomic E-state index is -0.854. The molecule has 0 aromatic heterocycles. The molecule has 0 aliphatic heterocycles. The highest BCUT2D eigenvalue weighted by Gasteiger charge is 2.43. The third-order valence-electron chi connectivity index (χ3n) is 7.24. The third-order valence-corrected chi connectivity index (χ3v) is 7.24. The molecule has 1 saturated carbocycles. The number of ether oxygens (including phenoxy) is 2. The van der Waals surface area contributed by atoms with Crippen LogP contribution in [0, 0.1) is 0 Å². The zero-order valence-electron chi connectivity index (χ0n) is 25.8. The van der Waals surface area contributed by atoms with Crippen molar-refractivity contribution in [2.45, 2.75) is 83.8 Å². The maximum Gasteiger partial charge on any atom is 0.305 e. The summed E-state index contributed by atoms with van der Waals surface area (Å²) in [6.07, 6.45) is 4.39. The minimum absolute atomic E-state index is 0.0343. The molecule has 1 aliphatic carbocycles. The highest BCUT2D eigenvalue weighted by atomic mass is 16.5. The molecule has 43 heavy (non-hydrogen) atoms. The molecular formula is C36H44N2O5. The fraction of sp³-hybridized carbons (Fsp3) is 0.417. The van der Waals surface area contributed by atoms with Gasteiger partial charge in [-0.3, -0.25) is 14.4 Å². The van der Waals surface area contributed by atoms with Crippen molar-refractivity contribution in [3.8, 4) is 16.9 Å². The topological polar surface area (TPSA) is 84.9 Å². The number of esters is 1. The van der Waals surface area contributed by atoms with Crippen LogP contribution in [0.5, 0.6) is 5.75 Å². The zero-order chi connectivity index (χ0) is 30.8. The first-order valence-electron chi connectivity index (χ1n) is 15.4. The smallest absolute Gasteiger partial charge is 0.305 e. The van der Waals surface area contributed by atoms with Crippen molar-refractivity contribution in [3.05, 3.63) is 90.0 Å². The molecule has 1 fully saturated rings. The lowest BCUT2D eigenvalue weighted by Gasteiger charge is -2.34. The van der Waals surface area contributed by atoms with Gasteiger partial charge < -0.3 is 19.7 Å². The second-order valence-corrected chi connectivity index (χ2v) is 12.0. The van der Waals surface area contributed by atoms with E-state index in [0.29, 0.717) is 36.5 Å². The molecule has 0 saturated heterocycles. The summed E-state index contributed by atoms with van der Waals surface area (Å²) in [5, 5.41) is 3.12. The Bertz CT molecular complexity index is 1360. The number of rotatable bonds is 14. The van der Waals surface area contributed by atoms with Crippen LogP contribution < -0.4 is 10.1 Å². The lowest BCUT2D eigenvalue weighted by Crippen LogP contribution is -2.50. The number of hydrogen-bond donors (Lipinski definition) is 1. The summed E-state index contributed by atoms with van der Waals surface area (Å²) in [7, 11) is 0. The van der Waals surface area contributed by atoms with Gasteiger partial charge in [0, 0.05) is 29.1 Å². The van der Waals surface area contributed by atoms with Crippen LogP contribution in [0.1, 0.15) is 88.2 Å². The number of carbonyl (C=O) groups is 3. The summed E-state index contributed by atoms with van der Waals surface area (Å²) >= 11 is 0. The Morgan fingerprint density at radius 1 is 0.860 bits per heavy atom. The Morgan fingerprint density at radius 2 is 1.51 bits per heavy atom. The highest BCUT2D eigenvalue weighted by molar-refractivity contribution is 5.99. The Kier molecular flexibility index (Phi) is 11.0. The van der Waals surface area contributed by atoms with Gasteiger partial charge in [-0.2, -0.15) is 0 Å². The first-order valence-corrected chi connectivity index (χ1v) is 15.4. The van der Waals surface area contributed by atoms with Crippen LogP contribution in [-0.2, 0) is 14.3 Å². The molecule has 1 unspecified atom stereocenters. The van der Waals surface area contributed by atoms with Gasteiger partial charge in [-0.1, -0.05) is 60.7 Å². The van der Waals surface area contributed by atoms with Crippen molar-refractivity contribution >= 4 is 17.8 Å². The van der Waals surface area contributed by atoms with E-state index < -0.39 is 11.6 Å². The molecule has 7 nitrogen and oxygen atoms in total. The predicted molar refractivity (Wildman–Crippen MR) is 169 cm³/mol. The quantitative estimate of drug-likeness (QED) is 0.161. The molecule has 7 heteroatoms. The molecule has 0 spiro atoms. The lowest BCUT2D eigenvalue weighted by atomic mass is 9.98. The summed E-state index contributed by atoms with van der Waals surface area (Å²) in [4.78, 5) is 41.5. The van der Waals surface area contributed by atoms with E-state index in [-0.39, 0.29) is 23.8 Å². The number of nitrogens with one attached hydrogen (secondary N) is 1. The SMILES string of the molecule is CCOC(=O)CCCCCOc1ccccc1C(C(=O)NC(C)(C)C)N(C(=O)c1ccc(-c2ccccc2)cc1)C1CC1. The average molecular weight is 585 g/mol. The summed E-state index contributed by atoms with van der Waals surface area (Å²) in [6, 6.07) is 24.2. The average Bonchev–Trinajstić information content (AvgIpc) is 3.83. The number of benzene rings is 3. The van der Waals surface area contributed by atoms with Crippen LogP contribution in [-0.4, -0.2) is 47.5 Å². The van der Waals surface area contributed by atoms with Crippen LogP contribution in [0.4, 0.5) is 0 Å². The second-order valence-electron chi connectivity index (χ2n) is 12.0. The summed E-state index contributed by atoms with van der Waals surface area (Å²) in [6.45, 7) is 8.44. The number of para-hydroxylation sites is 1. The lowest BCUT2D eigenvalue weighted by molar-refractivity contribution is -0.143. The Balaban J connectivity index is 1.57. The molecule has 228 valence electrons. The van der Waals surface area contributed by atoms with Crippen molar-refractivity contribution in [1.29, 1.82) is 0 Å². The number of carbonyl (C=O) groups excluding carboxylic acids is 3. The zero-order valence-corrected chi connectivity index (χ0v) is 25.8. The largest absolute Gasteiger partial charge is 0.493 e. The van der Waals surface area contributed by atoms with Crippen molar-refractivity contribution in [3.63, 3.8) is 0 Å². The number of unbranched alkanes of at least 4 members (excludes halogenated alkanes) is 2. The van der Waals surface area contributed by atoms with Gasteiger partial charge in [-0.15, -0.1) is 0 Å². The molecule has 1 aliphatic rings. The van der Waals surface area contributed by atoms with E-state index in [1.165, 1.54) is 0 Å². The minimum Gasteiger partial charge on any atom is -0.493 e. The van der Waals surface area contributed by atoms with E-state index in [2.05, 4.69) is 5.32 Å². The molecule has 0 bridgehead atoms. The van der Waals surface area contributed by atoms with Crippen LogP contribution in [0.25, 0.3) is 11.1 Å². The maximum absolute atomic E-state index is 14.2. The second kappa shape index (κ2) is 14.9. The van der Waals surface area contributed by atoms with Crippen molar-refractivity contribution < 1.29 is 23.9 Å². The number of amides is 2. The molecule has 0 radical (unpaired) electrons. The fourth-order valence-corrected chi connectivity index (χ4v) is 5.09. The van der Waals surface area contributed by atoms with Crippen molar-refractivity contribution in [2.75, 3.05) is 13.2 Å². The third kappa shape index (κ3) is 9.18. The van der Waals surface area contributed by atoms with Gasteiger partial charge in [0.1, 0.15) is 11.8 Å². The Morgan fingerprint density at radius 3 is 2.16 bits per heavy atom. The van der Waals surface area contributed by atoms with Gasteiger partial charge in [0.05, 0.1) is 13.2 Å². The van der Waals surface area contributed by atoms with Gasteiger partial charge in [0.25, 0.3) is 5.91 Å². The van der Waals surface area contributed by atoms with Gasteiger partial charge in [-0.05, 0) is 89.1 Å². The molecule has 3 aromatic carbocycles. The number of nitrogens with zero attached hydrogens (tertiary/aromatic N) is 1. The summed E-state index contributed by atoms with van der Waals surface area (Å²) < 4.78 is 11.2. The maximum atomic E-state index is 14.2. The van der Waals surface area contributed by atoms with E-state index in [1.807, 2.05) is 99.6 Å². The molecule has 4 rings (SSSR count). The van der Waals surface area contributed by atoms with E-state index in [1.54, 1.807) is 11.8 Å². The number of hydrogen-bond acceptors (Lipinski definition) is 5. The Labute approximate surface area is 255 Å². The van der Waals surface area contributed by atoms with Gasteiger partial charge >= 0.3 is 5.97 Å². The Hall–Kier alpha value is -4.13. The molecule has 0 heterocycles.